The van der Waals surface area contributed by atoms with E-state index in [0.29, 0.717) is 0 Å². The van der Waals surface area contributed by atoms with E-state index in [1.54, 1.807) is 13.0 Å². The number of amides is 1. The van der Waals surface area contributed by atoms with Crippen LogP contribution in [-0.4, -0.2) is 12.7 Å². The van der Waals surface area contributed by atoms with Gasteiger partial charge in [0.05, 0.1) is 18.8 Å². The highest BCUT2D eigenvalue weighted by Crippen LogP contribution is 1.75. The van der Waals surface area contributed by atoms with Crippen molar-refractivity contribution in [2.45, 2.75) is 6.92 Å². The smallest absolute Gasteiger partial charge is 0.425 e. The van der Waals surface area contributed by atoms with Crippen molar-refractivity contribution < 1.29 is 9.53 Å². The van der Waals surface area contributed by atoms with Crippen LogP contribution in [0.2, 0.25) is 0 Å². The molecular formula is C6H10N4O2. The molecule has 0 aromatic carbocycles. The summed E-state index contributed by atoms with van der Waals surface area (Å²) in [6, 6.07) is 1.68. The van der Waals surface area contributed by atoms with Gasteiger partial charge in [0.15, 0.2) is 0 Å². The van der Waals surface area contributed by atoms with Crippen LogP contribution in [0.3, 0.4) is 0 Å². The number of allylic oxidation sites excluding steroid dienone is 1. The number of nitrogens with one attached hydrogen (secondary N) is 2. The summed E-state index contributed by atoms with van der Waals surface area (Å²) >= 11 is 0. The molecule has 6 nitrogen and oxygen atoms in total. The molecule has 0 heterocycles. The van der Waals surface area contributed by atoms with Gasteiger partial charge in [-0.1, -0.05) is 0 Å². The van der Waals surface area contributed by atoms with Crippen molar-refractivity contribution in [2.75, 3.05) is 6.61 Å². The molecule has 0 aromatic heterocycles. The molecule has 1 amide bonds. The number of hydrogen-bond donors (Lipinski definition) is 3. The maximum atomic E-state index is 10.6. The zero-order valence-corrected chi connectivity index (χ0v) is 6.63. The van der Waals surface area contributed by atoms with Crippen LogP contribution in [0.4, 0.5) is 4.79 Å². The maximum Gasteiger partial charge on any atom is 0.425 e. The third kappa shape index (κ3) is 4.93. The second-order valence-electron chi connectivity index (χ2n) is 1.70. The summed E-state index contributed by atoms with van der Waals surface area (Å²) in [4.78, 5) is 10.6. The minimum Gasteiger partial charge on any atom is -0.449 e. The molecule has 0 radical (unpaired) electrons. The van der Waals surface area contributed by atoms with Crippen LogP contribution >= 0.6 is 0 Å². The molecule has 4 N–H and O–H groups in total. The number of carbonyl (C=O) groups is 1. The lowest BCUT2D eigenvalue weighted by Gasteiger charge is -2.06. The zero-order valence-electron chi connectivity index (χ0n) is 6.63. The average molecular weight is 170 g/mol. The largest absolute Gasteiger partial charge is 0.449 e. The summed E-state index contributed by atoms with van der Waals surface area (Å²) in [5, 5.41) is 8.11. The quantitative estimate of drug-likeness (QED) is 0.394. The summed E-state index contributed by atoms with van der Waals surface area (Å²) in [5.74, 6) is 0.0468. The van der Waals surface area contributed by atoms with Crippen LogP contribution in [0, 0.1) is 11.3 Å². The summed E-state index contributed by atoms with van der Waals surface area (Å²) < 4.78 is 4.49. The van der Waals surface area contributed by atoms with Crippen LogP contribution < -0.4 is 16.6 Å². The highest BCUT2D eigenvalue weighted by Gasteiger charge is 1.97. The molecule has 0 aliphatic heterocycles. The molecule has 0 aliphatic rings. The molecule has 0 aromatic rings. The Morgan fingerprint density at radius 2 is 2.42 bits per heavy atom. The predicted molar refractivity (Wildman–Crippen MR) is 41.2 cm³/mol. The number of nitrogens with zero attached hydrogens (tertiary/aromatic N) is 1. The number of hydrazine groups is 1. The predicted octanol–water partition coefficient (Wildman–Crippen LogP) is -0.439. The van der Waals surface area contributed by atoms with E-state index >= 15 is 0 Å². The minimum absolute atomic E-state index is 0.0468. The Kier molecular flexibility index (Phi) is 4.93. The first kappa shape index (κ1) is 10.1. The molecule has 66 valence electrons. The number of hydrogen-bond acceptors (Lipinski definition) is 5. The summed E-state index contributed by atoms with van der Waals surface area (Å²) in [6.07, 6.45) is 0.401. The van der Waals surface area contributed by atoms with Gasteiger partial charge >= 0.3 is 6.09 Å². The van der Waals surface area contributed by atoms with E-state index in [9.17, 15) is 4.79 Å². The average Bonchev–Trinajstić information content (AvgIpc) is 2.02. The minimum atomic E-state index is -0.646. The van der Waals surface area contributed by atoms with Gasteiger partial charge in [-0.05, 0) is 6.92 Å². The second kappa shape index (κ2) is 5.85. The van der Waals surface area contributed by atoms with Crippen molar-refractivity contribution in [3.63, 3.8) is 0 Å². The second-order valence-corrected chi connectivity index (χ2v) is 1.70. The molecule has 0 atom stereocenters. The van der Waals surface area contributed by atoms with E-state index in [4.69, 9.17) is 11.0 Å². The van der Waals surface area contributed by atoms with Crippen molar-refractivity contribution in [3.05, 3.63) is 11.9 Å². The van der Waals surface area contributed by atoms with Crippen molar-refractivity contribution in [3.8, 4) is 6.07 Å². The number of rotatable bonds is 3. The summed E-state index contributed by atoms with van der Waals surface area (Å²) in [7, 11) is 0. The SMILES string of the molecule is CCOC(=O)NN/C(N)=C/C#N. The van der Waals surface area contributed by atoms with Crippen molar-refractivity contribution in [1.29, 1.82) is 5.26 Å². The van der Waals surface area contributed by atoms with E-state index in [-0.39, 0.29) is 12.4 Å². The molecule has 0 saturated heterocycles. The molecule has 0 fully saturated rings. The molecular weight excluding hydrogens is 160 g/mol. The molecule has 12 heavy (non-hydrogen) atoms. The first-order chi connectivity index (χ1) is 5.70. The standard InChI is InChI=1S/C6H10N4O2/c1-2-12-6(11)10-9-5(8)3-4-7/h3,9H,2,8H2,1H3,(H,10,11)/b5-3+. The Balaban J connectivity index is 3.63. The first-order valence-electron chi connectivity index (χ1n) is 3.24. The zero-order chi connectivity index (χ0) is 9.40. The van der Waals surface area contributed by atoms with Crippen molar-refractivity contribution >= 4 is 6.09 Å². The fourth-order valence-electron chi connectivity index (χ4n) is 0.396. The fourth-order valence-corrected chi connectivity index (χ4v) is 0.396. The lowest BCUT2D eigenvalue weighted by atomic mass is 10.6. The van der Waals surface area contributed by atoms with Gasteiger partial charge in [0.2, 0.25) is 0 Å². The van der Waals surface area contributed by atoms with Gasteiger partial charge in [0.1, 0.15) is 5.82 Å². The number of carbonyl (C=O) groups excluding carboxylic acids is 1. The van der Waals surface area contributed by atoms with E-state index in [1.807, 2.05) is 0 Å². The Labute approximate surface area is 70.0 Å². The van der Waals surface area contributed by atoms with Crippen LogP contribution in [0.25, 0.3) is 0 Å². The van der Waals surface area contributed by atoms with Crippen LogP contribution in [0.1, 0.15) is 6.92 Å². The molecule has 0 saturated carbocycles. The molecule has 0 spiro atoms. The third-order valence-corrected chi connectivity index (χ3v) is 0.804. The maximum absolute atomic E-state index is 10.6. The molecule has 0 rings (SSSR count). The Bertz CT molecular complexity index is 218. The molecule has 0 aliphatic carbocycles. The summed E-state index contributed by atoms with van der Waals surface area (Å²) in [6.45, 7) is 1.95. The van der Waals surface area contributed by atoms with Gasteiger partial charge in [-0.2, -0.15) is 5.26 Å². The number of ether oxygens (including phenoxy) is 1. The van der Waals surface area contributed by atoms with Gasteiger partial charge in [0.25, 0.3) is 0 Å². The van der Waals surface area contributed by atoms with Crippen LogP contribution in [0.5, 0.6) is 0 Å². The monoisotopic (exact) mass is 170 g/mol. The van der Waals surface area contributed by atoms with E-state index < -0.39 is 6.09 Å². The third-order valence-electron chi connectivity index (χ3n) is 0.804. The lowest BCUT2D eigenvalue weighted by molar-refractivity contribution is 0.148. The van der Waals surface area contributed by atoms with E-state index in [0.717, 1.165) is 6.08 Å². The highest BCUT2D eigenvalue weighted by atomic mass is 16.5. The molecule has 0 unspecified atom stereocenters. The lowest BCUT2D eigenvalue weighted by Crippen LogP contribution is -2.39. The van der Waals surface area contributed by atoms with Gasteiger partial charge in [-0.3, -0.25) is 5.43 Å². The van der Waals surface area contributed by atoms with E-state index in [1.165, 1.54) is 0 Å². The van der Waals surface area contributed by atoms with E-state index in [2.05, 4.69) is 15.6 Å². The van der Waals surface area contributed by atoms with Crippen molar-refractivity contribution in [2.24, 2.45) is 5.73 Å². The topological polar surface area (TPSA) is 100 Å². The van der Waals surface area contributed by atoms with Crippen molar-refractivity contribution in [1.82, 2.24) is 10.9 Å². The Hall–Kier alpha value is -1.90. The molecule has 6 heteroatoms. The molecule has 0 bridgehead atoms. The van der Waals surface area contributed by atoms with Gasteiger partial charge in [0, 0.05) is 0 Å². The van der Waals surface area contributed by atoms with Gasteiger partial charge in [-0.15, -0.1) is 0 Å². The highest BCUT2D eigenvalue weighted by molar-refractivity contribution is 5.66. The summed E-state index contributed by atoms with van der Waals surface area (Å²) in [5.41, 5.74) is 9.56. The first-order valence-corrected chi connectivity index (χ1v) is 3.24. The number of nitriles is 1. The normalized spacial score (nSPS) is 9.83. The van der Waals surface area contributed by atoms with Gasteiger partial charge in [-0.25, -0.2) is 10.2 Å². The Morgan fingerprint density at radius 3 is 2.92 bits per heavy atom. The Morgan fingerprint density at radius 1 is 1.75 bits per heavy atom. The number of nitrogens with two attached hydrogens (primary N) is 1. The van der Waals surface area contributed by atoms with Gasteiger partial charge < -0.3 is 10.5 Å². The fraction of sp³-hybridized carbons (Fsp3) is 0.333. The van der Waals surface area contributed by atoms with Crippen LogP contribution in [0.15, 0.2) is 11.9 Å². The van der Waals surface area contributed by atoms with Crippen LogP contribution in [-0.2, 0) is 4.74 Å².